The number of benzene rings is 1. The van der Waals surface area contributed by atoms with E-state index < -0.39 is 18.2 Å². The van der Waals surface area contributed by atoms with E-state index in [0.29, 0.717) is 16.8 Å². The summed E-state index contributed by atoms with van der Waals surface area (Å²) in [6.07, 6.45) is 5.93. The van der Waals surface area contributed by atoms with Crippen molar-refractivity contribution >= 4 is 17.0 Å². The fourth-order valence-corrected chi connectivity index (χ4v) is 4.49. The van der Waals surface area contributed by atoms with Crippen molar-refractivity contribution in [1.29, 1.82) is 0 Å². The number of carbonyl (C=O) groups is 1. The van der Waals surface area contributed by atoms with Gasteiger partial charge in [-0.25, -0.2) is 4.79 Å². The van der Waals surface area contributed by atoms with Gasteiger partial charge in [0.1, 0.15) is 29.0 Å². The number of carboxylic acid groups (broad SMARTS) is 1. The third kappa shape index (κ3) is 4.47. The number of hydrogen-bond acceptors (Lipinski definition) is 6. The Morgan fingerprint density at radius 2 is 2.00 bits per heavy atom. The Morgan fingerprint density at radius 1 is 1.25 bits per heavy atom. The molecule has 0 aliphatic heterocycles. The van der Waals surface area contributed by atoms with Gasteiger partial charge in [-0.1, -0.05) is 18.9 Å². The number of aliphatic hydroxyl groups is 1. The molecule has 4 rings (SSSR count). The molecule has 0 amide bonds. The average Bonchev–Trinajstić information content (AvgIpc) is 3.41. The van der Waals surface area contributed by atoms with Crippen LogP contribution in [0.4, 0.5) is 0 Å². The van der Waals surface area contributed by atoms with E-state index >= 15 is 0 Å². The number of fused-ring (bicyclic) bond motifs is 1. The molecule has 8 nitrogen and oxygen atoms in total. The van der Waals surface area contributed by atoms with E-state index in [1.165, 1.54) is 12.3 Å². The predicted octanol–water partition coefficient (Wildman–Crippen LogP) is 3.82. The second-order valence-electron chi connectivity index (χ2n) is 8.45. The Kier molecular flexibility index (Phi) is 6.43. The maximum atomic E-state index is 11.5. The number of aromatic nitrogens is 3. The highest BCUT2D eigenvalue weighted by atomic mass is 16.5. The van der Waals surface area contributed by atoms with Crippen molar-refractivity contribution in [3.8, 4) is 5.75 Å². The van der Waals surface area contributed by atoms with E-state index in [-0.39, 0.29) is 18.2 Å². The molecule has 1 aromatic carbocycles. The maximum Gasteiger partial charge on any atom is 0.338 e. The molecule has 8 heteroatoms. The van der Waals surface area contributed by atoms with Crippen molar-refractivity contribution < 1.29 is 24.5 Å². The zero-order valence-electron chi connectivity index (χ0n) is 18.6. The highest BCUT2D eigenvalue weighted by molar-refractivity contribution is 6.00. The van der Waals surface area contributed by atoms with Crippen LogP contribution in [-0.4, -0.2) is 50.3 Å². The van der Waals surface area contributed by atoms with Crippen LogP contribution < -0.4 is 4.74 Å². The molecule has 1 aliphatic carbocycles. The molecule has 2 atom stereocenters. The number of hydrogen-bond donors (Lipinski definition) is 2. The van der Waals surface area contributed by atoms with Gasteiger partial charge in [-0.05, 0) is 55.5 Å². The lowest BCUT2D eigenvalue weighted by Gasteiger charge is -2.28. The number of carboxylic acids is 1. The second-order valence-corrected chi connectivity index (χ2v) is 8.45. The van der Waals surface area contributed by atoms with Crippen LogP contribution in [0, 0.1) is 13.8 Å². The molecular weight excluding hydrogens is 410 g/mol. The first-order chi connectivity index (χ1) is 15.4. The van der Waals surface area contributed by atoms with E-state index in [0.717, 1.165) is 42.4 Å². The molecule has 3 aromatic rings. The minimum atomic E-state index is -1.05. The smallest absolute Gasteiger partial charge is 0.338 e. The van der Waals surface area contributed by atoms with Gasteiger partial charge in [0.15, 0.2) is 0 Å². The lowest BCUT2D eigenvalue weighted by Crippen LogP contribution is -2.31. The molecule has 1 aliphatic rings. The SMILES string of the molecule is COc1cc([C@@H](O)[C@H](Cn2cc3nccc(C(=O)O)c3n2)OC2CCCC2)c(C)cc1C. The molecule has 0 radical (unpaired) electrons. The van der Waals surface area contributed by atoms with E-state index in [1.807, 2.05) is 26.0 Å². The van der Waals surface area contributed by atoms with Gasteiger partial charge in [0.05, 0.1) is 31.5 Å². The van der Waals surface area contributed by atoms with Crippen molar-refractivity contribution in [2.75, 3.05) is 7.11 Å². The van der Waals surface area contributed by atoms with Crippen LogP contribution in [0.1, 0.15) is 58.8 Å². The van der Waals surface area contributed by atoms with Gasteiger partial charge in [-0.3, -0.25) is 9.67 Å². The number of aryl methyl sites for hydroxylation is 2. The number of rotatable bonds is 8. The third-order valence-electron chi connectivity index (χ3n) is 6.17. The molecule has 2 aromatic heterocycles. The summed E-state index contributed by atoms with van der Waals surface area (Å²) < 4.78 is 13.5. The van der Waals surface area contributed by atoms with Gasteiger partial charge in [-0.15, -0.1) is 0 Å². The Morgan fingerprint density at radius 3 is 2.69 bits per heavy atom. The van der Waals surface area contributed by atoms with E-state index in [9.17, 15) is 15.0 Å². The summed E-state index contributed by atoms with van der Waals surface area (Å²) in [4.78, 5) is 15.8. The number of nitrogens with zero attached hydrogens (tertiary/aromatic N) is 3. The van der Waals surface area contributed by atoms with Crippen LogP contribution >= 0.6 is 0 Å². The third-order valence-corrected chi connectivity index (χ3v) is 6.17. The zero-order valence-corrected chi connectivity index (χ0v) is 18.6. The molecule has 0 spiro atoms. The highest BCUT2D eigenvalue weighted by Gasteiger charge is 2.29. The fourth-order valence-electron chi connectivity index (χ4n) is 4.49. The van der Waals surface area contributed by atoms with Gasteiger partial charge in [-0.2, -0.15) is 5.10 Å². The summed E-state index contributed by atoms with van der Waals surface area (Å²) in [5.74, 6) is -0.340. The maximum absolute atomic E-state index is 11.5. The topological polar surface area (TPSA) is 107 Å². The van der Waals surface area contributed by atoms with Crippen molar-refractivity contribution in [3.05, 3.63) is 52.8 Å². The normalized spacial score (nSPS) is 16.4. The first-order valence-corrected chi connectivity index (χ1v) is 10.9. The lowest BCUT2D eigenvalue weighted by atomic mass is 9.96. The number of methoxy groups -OCH3 is 1. The van der Waals surface area contributed by atoms with E-state index in [4.69, 9.17) is 9.47 Å². The van der Waals surface area contributed by atoms with E-state index in [2.05, 4.69) is 10.1 Å². The summed E-state index contributed by atoms with van der Waals surface area (Å²) >= 11 is 0. The van der Waals surface area contributed by atoms with Crippen molar-refractivity contribution in [3.63, 3.8) is 0 Å². The van der Waals surface area contributed by atoms with Crippen LogP contribution in [0.15, 0.2) is 30.6 Å². The van der Waals surface area contributed by atoms with Crippen LogP contribution in [-0.2, 0) is 11.3 Å². The molecule has 2 N–H and O–H groups in total. The lowest BCUT2D eigenvalue weighted by molar-refractivity contribution is -0.0846. The van der Waals surface area contributed by atoms with Crippen LogP contribution in [0.5, 0.6) is 5.75 Å². The molecule has 1 saturated carbocycles. The van der Waals surface area contributed by atoms with E-state index in [1.54, 1.807) is 18.0 Å². The number of pyridine rings is 1. The monoisotopic (exact) mass is 439 g/mol. The summed E-state index contributed by atoms with van der Waals surface area (Å²) in [5, 5.41) is 25.3. The minimum absolute atomic E-state index is 0.0833. The second kappa shape index (κ2) is 9.26. The summed E-state index contributed by atoms with van der Waals surface area (Å²) in [6, 6.07) is 5.30. The number of aromatic carboxylic acids is 1. The quantitative estimate of drug-likeness (QED) is 0.549. The van der Waals surface area contributed by atoms with Crippen molar-refractivity contribution in [2.45, 2.75) is 64.4 Å². The van der Waals surface area contributed by atoms with Gasteiger partial charge in [0, 0.05) is 6.20 Å². The molecule has 0 bridgehead atoms. The van der Waals surface area contributed by atoms with Gasteiger partial charge in [0.25, 0.3) is 0 Å². The zero-order chi connectivity index (χ0) is 22.8. The summed E-state index contributed by atoms with van der Waals surface area (Å²) in [5.41, 5.74) is 3.61. The molecule has 170 valence electrons. The fraction of sp³-hybridized carbons (Fsp3) is 0.458. The van der Waals surface area contributed by atoms with Gasteiger partial charge in [0.2, 0.25) is 0 Å². The highest BCUT2D eigenvalue weighted by Crippen LogP contribution is 2.32. The van der Waals surface area contributed by atoms with Gasteiger partial charge >= 0.3 is 5.97 Å². The molecule has 0 unspecified atom stereocenters. The molecule has 0 saturated heterocycles. The van der Waals surface area contributed by atoms with Crippen LogP contribution in [0.3, 0.4) is 0 Å². The van der Waals surface area contributed by atoms with Gasteiger partial charge < -0.3 is 19.7 Å². The molecule has 1 fully saturated rings. The summed E-state index contributed by atoms with van der Waals surface area (Å²) in [6.45, 7) is 4.20. The van der Waals surface area contributed by atoms with Crippen LogP contribution in [0.25, 0.3) is 11.0 Å². The number of aliphatic hydroxyl groups excluding tert-OH is 1. The first kappa shape index (κ1) is 22.2. The Labute approximate surface area is 186 Å². The Hall–Kier alpha value is -2.97. The largest absolute Gasteiger partial charge is 0.496 e. The minimum Gasteiger partial charge on any atom is -0.496 e. The standard InChI is InChI=1S/C24H29N3O5/c1-14-10-15(2)20(31-3)11-18(14)23(28)21(32-16-6-4-5-7-16)13-27-12-19-22(26-27)17(24(29)30)8-9-25-19/h8-12,16,21,23,28H,4-7,13H2,1-3H3,(H,29,30)/t21-,23+/m0/s1. The number of ether oxygens (including phenoxy) is 2. The Balaban J connectivity index is 1.67. The van der Waals surface area contributed by atoms with Crippen molar-refractivity contribution in [2.24, 2.45) is 0 Å². The van der Waals surface area contributed by atoms with Crippen molar-refractivity contribution in [1.82, 2.24) is 14.8 Å². The molecule has 32 heavy (non-hydrogen) atoms. The Bertz CT molecular complexity index is 1120. The molecular formula is C24H29N3O5. The summed E-state index contributed by atoms with van der Waals surface area (Å²) in [7, 11) is 1.61. The first-order valence-electron chi connectivity index (χ1n) is 10.9. The predicted molar refractivity (Wildman–Crippen MR) is 119 cm³/mol. The van der Waals surface area contributed by atoms with Crippen LogP contribution in [0.2, 0.25) is 0 Å². The average molecular weight is 440 g/mol. The molecule has 2 heterocycles.